The Morgan fingerprint density at radius 1 is 0.750 bits per heavy atom. The maximum absolute atomic E-state index is 3.69. The average Bonchev–Trinajstić information content (AvgIpc) is 2.62. The Hall–Kier alpha value is -2.32. The van der Waals surface area contributed by atoms with E-state index in [0.717, 1.165) is 19.5 Å². The largest absolute Gasteiger partial charge is 0.385 e. The number of anilines is 1. The van der Waals surface area contributed by atoms with Crippen LogP contribution in [0.2, 0.25) is 0 Å². The molecule has 3 aromatic carbocycles. The Labute approximate surface area is 144 Å². The molecule has 0 radical (unpaired) electrons. The summed E-state index contributed by atoms with van der Waals surface area (Å²) in [6.45, 7) is 6.47. The van der Waals surface area contributed by atoms with E-state index in [1.54, 1.807) is 0 Å². The second kappa shape index (κ2) is 7.50. The Bertz CT molecular complexity index is 778. The SMILES string of the molecule is CC(C)(NCCCNc1ccccc1)c1ccc2ccccc2c1. The predicted octanol–water partition coefficient (Wildman–Crippen LogP) is 5.17. The van der Waals surface area contributed by atoms with Crippen LogP contribution in [0.4, 0.5) is 5.69 Å². The van der Waals surface area contributed by atoms with Crippen LogP contribution in [0, 0.1) is 0 Å². The molecule has 0 fully saturated rings. The van der Waals surface area contributed by atoms with Crippen LogP contribution in [0.1, 0.15) is 25.8 Å². The van der Waals surface area contributed by atoms with Gasteiger partial charge in [0.1, 0.15) is 0 Å². The highest BCUT2D eigenvalue weighted by Crippen LogP contribution is 2.24. The molecule has 2 heteroatoms. The average molecular weight is 318 g/mol. The first kappa shape index (κ1) is 16.5. The monoisotopic (exact) mass is 318 g/mol. The first-order valence-corrected chi connectivity index (χ1v) is 8.68. The number of hydrogen-bond donors (Lipinski definition) is 2. The molecule has 0 unspecified atom stereocenters. The third-order valence-electron chi connectivity index (χ3n) is 4.49. The van der Waals surface area contributed by atoms with Crippen LogP contribution in [0.25, 0.3) is 10.8 Å². The summed E-state index contributed by atoms with van der Waals surface area (Å²) in [5, 5.41) is 9.74. The van der Waals surface area contributed by atoms with E-state index in [0.29, 0.717) is 0 Å². The van der Waals surface area contributed by atoms with Crippen LogP contribution in [-0.2, 0) is 5.54 Å². The molecule has 0 atom stereocenters. The highest BCUT2D eigenvalue weighted by atomic mass is 15.0. The fourth-order valence-electron chi connectivity index (χ4n) is 2.96. The number of hydrogen-bond acceptors (Lipinski definition) is 2. The number of benzene rings is 3. The predicted molar refractivity (Wildman–Crippen MR) is 105 cm³/mol. The van der Waals surface area contributed by atoms with E-state index in [4.69, 9.17) is 0 Å². The van der Waals surface area contributed by atoms with E-state index in [9.17, 15) is 0 Å². The number of fused-ring (bicyclic) bond motifs is 1. The second-order valence-electron chi connectivity index (χ2n) is 6.76. The third-order valence-corrected chi connectivity index (χ3v) is 4.49. The van der Waals surface area contributed by atoms with Crippen molar-refractivity contribution in [2.45, 2.75) is 25.8 Å². The molecule has 0 saturated heterocycles. The molecule has 0 aliphatic heterocycles. The van der Waals surface area contributed by atoms with E-state index in [1.807, 2.05) is 6.07 Å². The highest BCUT2D eigenvalue weighted by Gasteiger charge is 2.19. The molecular formula is C22H26N2. The third kappa shape index (κ3) is 4.15. The van der Waals surface area contributed by atoms with Crippen LogP contribution < -0.4 is 10.6 Å². The standard InChI is InChI=1S/C22H26N2/c1-22(2,20-14-13-18-9-6-7-10-19(18)17-20)24-16-8-15-23-21-11-4-3-5-12-21/h3-7,9-14,17,23-24H,8,15-16H2,1-2H3. The van der Waals surface area contributed by atoms with Crippen molar-refractivity contribution in [3.63, 3.8) is 0 Å². The van der Waals surface area contributed by atoms with Gasteiger partial charge in [0, 0.05) is 17.8 Å². The van der Waals surface area contributed by atoms with Crippen molar-refractivity contribution in [3.05, 3.63) is 78.4 Å². The molecule has 0 saturated carbocycles. The summed E-state index contributed by atoms with van der Waals surface area (Å²) in [6, 6.07) is 25.6. The second-order valence-corrected chi connectivity index (χ2v) is 6.76. The Kier molecular flexibility index (Phi) is 5.17. The van der Waals surface area contributed by atoms with Gasteiger partial charge in [0.15, 0.2) is 0 Å². The van der Waals surface area contributed by atoms with Gasteiger partial charge in [-0.25, -0.2) is 0 Å². The topological polar surface area (TPSA) is 24.1 Å². The zero-order chi connectivity index (χ0) is 16.8. The smallest absolute Gasteiger partial charge is 0.0377 e. The van der Waals surface area contributed by atoms with Crippen LogP contribution in [0.3, 0.4) is 0 Å². The summed E-state index contributed by atoms with van der Waals surface area (Å²) < 4.78 is 0. The molecule has 2 N–H and O–H groups in total. The molecule has 0 aliphatic rings. The molecule has 0 aromatic heterocycles. The van der Waals surface area contributed by atoms with Crippen molar-refractivity contribution in [1.82, 2.24) is 5.32 Å². The minimum atomic E-state index is -0.0310. The molecule has 3 rings (SSSR count). The van der Waals surface area contributed by atoms with Crippen LogP contribution in [0.5, 0.6) is 0 Å². The molecular weight excluding hydrogens is 292 g/mol. The van der Waals surface area contributed by atoms with Crippen LogP contribution >= 0.6 is 0 Å². The van der Waals surface area contributed by atoms with Crippen LogP contribution in [-0.4, -0.2) is 13.1 Å². The summed E-state index contributed by atoms with van der Waals surface area (Å²) in [6.07, 6.45) is 1.09. The molecule has 24 heavy (non-hydrogen) atoms. The van der Waals surface area contributed by atoms with Crippen molar-refractivity contribution in [1.29, 1.82) is 0 Å². The lowest BCUT2D eigenvalue weighted by atomic mass is 9.92. The Morgan fingerprint density at radius 3 is 2.25 bits per heavy atom. The summed E-state index contributed by atoms with van der Waals surface area (Å²) >= 11 is 0. The van der Waals surface area contributed by atoms with Crippen molar-refractivity contribution in [3.8, 4) is 0 Å². The number of rotatable bonds is 7. The molecule has 124 valence electrons. The Balaban J connectivity index is 1.53. The zero-order valence-electron chi connectivity index (χ0n) is 14.5. The summed E-state index contributed by atoms with van der Waals surface area (Å²) in [5.74, 6) is 0. The fourth-order valence-corrected chi connectivity index (χ4v) is 2.96. The lowest BCUT2D eigenvalue weighted by Crippen LogP contribution is -2.37. The maximum atomic E-state index is 3.69. The van der Waals surface area contributed by atoms with E-state index in [1.165, 1.54) is 22.0 Å². The van der Waals surface area contributed by atoms with E-state index in [-0.39, 0.29) is 5.54 Å². The zero-order valence-corrected chi connectivity index (χ0v) is 14.5. The number of para-hydroxylation sites is 1. The highest BCUT2D eigenvalue weighted by molar-refractivity contribution is 5.83. The van der Waals surface area contributed by atoms with Crippen molar-refractivity contribution >= 4 is 16.5 Å². The molecule has 2 nitrogen and oxygen atoms in total. The number of nitrogens with one attached hydrogen (secondary N) is 2. The molecule has 0 spiro atoms. The van der Waals surface area contributed by atoms with Gasteiger partial charge in [-0.2, -0.15) is 0 Å². The van der Waals surface area contributed by atoms with Crippen molar-refractivity contribution < 1.29 is 0 Å². The van der Waals surface area contributed by atoms with Gasteiger partial charge >= 0.3 is 0 Å². The molecule has 0 bridgehead atoms. The van der Waals surface area contributed by atoms with Gasteiger partial charge in [-0.1, -0.05) is 54.6 Å². The molecule has 3 aromatic rings. The van der Waals surface area contributed by atoms with Gasteiger partial charge in [-0.05, 0) is 61.3 Å². The minimum absolute atomic E-state index is 0.0310. The quantitative estimate of drug-likeness (QED) is 0.587. The van der Waals surface area contributed by atoms with E-state index < -0.39 is 0 Å². The first-order valence-electron chi connectivity index (χ1n) is 8.68. The maximum Gasteiger partial charge on any atom is 0.0377 e. The normalized spacial score (nSPS) is 11.6. The van der Waals surface area contributed by atoms with Gasteiger partial charge in [-0.15, -0.1) is 0 Å². The molecule has 0 aliphatic carbocycles. The first-order chi connectivity index (χ1) is 11.6. The summed E-state index contributed by atoms with van der Waals surface area (Å²) in [4.78, 5) is 0. The summed E-state index contributed by atoms with van der Waals surface area (Å²) in [5.41, 5.74) is 2.49. The van der Waals surface area contributed by atoms with E-state index in [2.05, 4.69) is 91.2 Å². The summed E-state index contributed by atoms with van der Waals surface area (Å²) in [7, 11) is 0. The van der Waals surface area contributed by atoms with Gasteiger partial charge in [0.2, 0.25) is 0 Å². The van der Waals surface area contributed by atoms with Crippen LogP contribution in [0.15, 0.2) is 72.8 Å². The van der Waals surface area contributed by atoms with Crippen molar-refractivity contribution in [2.75, 3.05) is 18.4 Å². The van der Waals surface area contributed by atoms with Gasteiger partial charge in [-0.3, -0.25) is 0 Å². The molecule has 0 amide bonds. The van der Waals surface area contributed by atoms with Gasteiger partial charge in [0.05, 0.1) is 0 Å². The van der Waals surface area contributed by atoms with Crippen molar-refractivity contribution in [2.24, 2.45) is 0 Å². The van der Waals surface area contributed by atoms with Gasteiger partial charge in [0.25, 0.3) is 0 Å². The molecule has 0 heterocycles. The minimum Gasteiger partial charge on any atom is -0.385 e. The fraction of sp³-hybridized carbons (Fsp3) is 0.273. The lowest BCUT2D eigenvalue weighted by molar-refractivity contribution is 0.403. The van der Waals surface area contributed by atoms with E-state index >= 15 is 0 Å². The van der Waals surface area contributed by atoms with Gasteiger partial charge < -0.3 is 10.6 Å². The Morgan fingerprint density at radius 2 is 1.46 bits per heavy atom. The lowest BCUT2D eigenvalue weighted by Gasteiger charge is -2.27.